The molecule has 6 heteroatoms. The van der Waals surface area contributed by atoms with Gasteiger partial charge in [0.1, 0.15) is 17.1 Å². The highest BCUT2D eigenvalue weighted by Gasteiger charge is 2.14. The minimum absolute atomic E-state index is 0.280. The van der Waals surface area contributed by atoms with Gasteiger partial charge in [-0.1, -0.05) is 11.6 Å². The van der Waals surface area contributed by atoms with Crippen molar-refractivity contribution in [3.8, 4) is 11.4 Å². The van der Waals surface area contributed by atoms with E-state index in [0.29, 0.717) is 10.8 Å². The topological polar surface area (TPSA) is 39.9 Å². The number of rotatable bonds is 3. The van der Waals surface area contributed by atoms with Gasteiger partial charge in [-0.15, -0.1) is 11.6 Å². The summed E-state index contributed by atoms with van der Waals surface area (Å²) in [5.74, 6) is 1.72. The van der Waals surface area contributed by atoms with E-state index in [2.05, 4.69) is 9.97 Å². The highest BCUT2D eigenvalue weighted by atomic mass is 35.5. The van der Waals surface area contributed by atoms with E-state index in [1.807, 2.05) is 22.8 Å². The Morgan fingerprint density at radius 3 is 2.90 bits per heavy atom. The number of hydrogen-bond acceptors (Lipinski definition) is 3. The molecule has 0 aliphatic rings. The quantitative estimate of drug-likeness (QED) is 0.691. The molecule has 0 atom stereocenters. The zero-order chi connectivity index (χ0) is 14.1. The number of aromatic nitrogens is 3. The van der Waals surface area contributed by atoms with Crippen LogP contribution in [0.2, 0.25) is 5.02 Å². The molecule has 3 aromatic rings. The Kier molecular flexibility index (Phi) is 3.51. The third-order valence-electron chi connectivity index (χ3n) is 3.04. The van der Waals surface area contributed by atoms with E-state index in [4.69, 9.17) is 27.9 Å². The number of methoxy groups -OCH3 is 1. The number of pyridine rings is 1. The zero-order valence-electron chi connectivity index (χ0n) is 10.7. The molecule has 0 spiro atoms. The number of ether oxygens (including phenoxy) is 1. The van der Waals surface area contributed by atoms with E-state index in [0.717, 1.165) is 22.5 Å². The number of hydrogen-bond donors (Lipinski definition) is 0. The summed E-state index contributed by atoms with van der Waals surface area (Å²) in [4.78, 5) is 8.55. The molecule has 0 saturated heterocycles. The number of nitrogens with zero attached hydrogens (tertiary/aromatic N) is 3. The van der Waals surface area contributed by atoms with Crippen LogP contribution < -0.4 is 4.74 Å². The standard InChI is InChI=1S/C14H11Cl2N3O/c1-20-9-2-3-10(16)13(6-9)19-12-4-5-17-8-11(12)18-14(19)7-15/h2-6,8H,7H2,1H3. The molecule has 3 rings (SSSR count). The van der Waals surface area contributed by atoms with Gasteiger partial charge >= 0.3 is 0 Å². The van der Waals surface area contributed by atoms with Crippen LogP contribution in [-0.2, 0) is 5.88 Å². The SMILES string of the molecule is COc1ccc(Cl)c(-n2c(CCl)nc3cnccc32)c1. The van der Waals surface area contributed by atoms with Gasteiger partial charge in [0.25, 0.3) is 0 Å². The van der Waals surface area contributed by atoms with Crippen LogP contribution in [0.3, 0.4) is 0 Å². The van der Waals surface area contributed by atoms with Crippen LogP contribution in [0, 0.1) is 0 Å². The van der Waals surface area contributed by atoms with Gasteiger partial charge in [0, 0.05) is 12.3 Å². The summed E-state index contributed by atoms with van der Waals surface area (Å²) in [5, 5.41) is 0.605. The molecule has 1 aromatic carbocycles. The van der Waals surface area contributed by atoms with Crippen LogP contribution in [-0.4, -0.2) is 21.6 Å². The minimum atomic E-state index is 0.280. The molecule has 0 N–H and O–H groups in total. The van der Waals surface area contributed by atoms with Gasteiger partial charge in [-0.3, -0.25) is 9.55 Å². The van der Waals surface area contributed by atoms with Gasteiger partial charge in [0.15, 0.2) is 0 Å². The molecule has 0 aliphatic carbocycles. The van der Waals surface area contributed by atoms with Crippen molar-refractivity contribution >= 4 is 34.2 Å². The van der Waals surface area contributed by atoms with Crippen LogP contribution in [0.5, 0.6) is 5.75 Å². The predicted octanol–water partition coefficient (Wildman–Crippen LogP) is 3.82. The van der Waals surface area contributed by atoms with E-state index >= 15 is 0 Å². The van der Waals surface area contributed by atoms with E-state index in [9.17, 15) is 0 Å². The number of alkyl halides is 1. The van der Waals surface area contributed by atoms with Gasteiger partial charge in [0.2, 0.25) is 0 Å². The summed E-state index contributed by atoms with van der Waals surface area (Å²) in [6.07, 6.45) is 3.42. The fourth-order valence-corrected chi connectivity index (χ4v) is 2.51. The van der Waals surface area contributed by atoms with Crippen molar-refractivity contribution in [2.45, 2.75) is 5.88 Å². The van der Waals surface area contributed by atoms with Gasteiger partial charge in [0.05, 0.1) is 35.4 Å². The molecule has 0 bridgehead atoms. The Morgan fingerprint density at radius 2 is 2.15 bits per heavy atom. The molecule has 20 heavy (non-hydrogen) atoms. The van der Waals surface area contributed by atoms with Gasteiger partial charge in [-0.2, -0.15) is 0 Å². The van der Waals surface area contributed by atoms with Crippen LogP contribution in [0.1, 0.15) is 5.82 Å². The lowest BCUT2D eigenvalue weighted by Gasteiger charge is -2.11. The lowest BCUT2D eigenvalue weighted by molar-refractivity contribution is 0.414. The van der Waals surface area contributed by atoms with Crippen molar-refractivity contribution in [3.63, 3.8) is 0 Å². The van der Waals surface area contributed by atoms with E-state index in [1.54, 1.807) is 25.6 Å². The Balaban J connectivity index is 2.33. The first kappa shape index (κ1) is 13.2. The highest BCUT2D eigenvalue weighted by molar-refractivity contribution is 6.32. The minimum Gasteiger partial charge on any atom is -0.497 e. The lowest BCUT2D eigenvalue weighted by Crippen LogP contribution is -2.00. The van der Waals surface area contributed by atoms with Gasteiger partial charge in [-0.25, -0.2) is 4.98 Å². The third kappa shape index (κ3) is 2.11. The summed E-state index contributed by atoms with van der Waals surface area (Å²) in [5.41, 5.74) is 2.48. The summed E-state index contributed by atoms with van der Waals surface area (Å²) in [6.45, 7) is 0. The fourth-order valence-electron chi connectivity index (χ4n) is 2.13. The second kappa shape index (κ2) is 5.31. The number of imidazole rings is 1. The van der Waals surface area contributed by atoms with E-state index in [-0.39, 0.29) is 5.88 Å². The smallest absolute Gasteiger partial charge is 0.129 e. The Labute approximate surface area is 125 Å². The molecule has 0 fully saturated rings. The van der Waals surface area contributed by atoms with Crippen molar-refractivity contribution in [2.75, 3.05) is 7.11 Å². The third-order valence-corrected chi connectivity index (χ3v) is 3.60. The molecule has 0 radical (unpaired) electrons. The first-order valence-corrected chi connectivity index (χ1v) is 6.87. The van der Waals surface area contributed by atoms with Crippen molar-refractivity contribution in [2.24, 2.45) is 0 Å². The summed E-state index contributed by atoms with van der Waals surface area (Å²) >= 11 is 12.3. The van der Waals surface area contributed by atoms with E-state index < -0.39 is 0 Å². The summed E-state index contributed by atoms with van der Waals surface area (Å²) in [7, 11) is 1.62. The zero-order valence-corrected chi connectivity index (χ0v) is 12.2. The van der Waals surface area contributed by atoms with E-state index in [1.165, 1.54) is 0 Å². The number of benzene rings is 1. The summed E-state index contributed by atoms with van der Waals surface area (Å²) < 4.78 is 7.18. The maximum Gasteiger partial charge on any atom is 0.129 e. The van der Waals surface area contributed by atoms with Crippen LogP contribution in [0.15, 0.2) is 36.7 Å². The molecule has 0 unspecified atom stereocenters. The Morgan fingerprint density at radius 1 is 1.30 bits per heavy atom. The average Bonchev–Trinajstić information content (AvgIpc) is 2.86. The monoisotopic (exact) mass is 307 g/mol. The molecule has 2 heterocycles. The molecule has 0 aliphatic heterocycles. The maximum absolute atomic E-state index is 6.31. The van der Waals surface area contributed by atoms with Crippen molar-refractivity contribution in [3.05, 3.63) is 47.5 Å². The normalized spacial score (nSPS) is 10.9. The van der Waals surface area contributed by atoms with Crippen LogP contribution in [0.4, 0.5) is 0 Å². The van der Waals surface area contributed by atoms with Crippen molar-refractivity contribution < 1.29 is 4.74 Å². The van der Waals surface area contributed by atoms with Crippen molar-refractivity contribution in [1.82, 2.24) is 14.5 Å². The highest BCUT2D eigenvalue weighted by Crippen LogP contribution is 2.30. The maximum atomic E-state index is 6.31. The lowest BCUT2D eigenvalue weighted by atomic mass is 10.2. The molecular formula is C14H11Cl2N3O. The second-order valence-electron chi connectivity index (χ2n) is 4.18. The first-order chi connectivity index (χ1) is 9.74. The average molecular weight is 308 g/mol. The van der Waals surface area contributed by atoms with Gasteiger partial charge in [-0.05, 0) is 18.2 Å². The van der Waals surface area contributed by atoms with Crippen LogP contribution in [0.25, 0.3) is 16.7 Å². The fraction of sp³-hybridized carbons (Fsp3) is 0.143. The van der Waals surface area contributed by atoms with Crippen molar-refractivity contribution in [1.29, 1.82) is 0 Å². The Hall–Kier alpha value is -1.78. The molecule has 0 saturated carbocycles. The molecule has 2 aromatic heterocycles. The molecular weight excluding hydrogens is 297 g/mol. The summed E-state index contributed by atoms with van der Waals surface area (Å²) in [6, 6.07) is 7.35. The molecule has 0 amide bonds. The predicted molar refractivity (Wildman–Crippen MR) is 80.0 cm³/mol. The molecule has 4 nitrogen and oxygen atoms in total. The Bertz CT molecular complexity index is 770. The van der Waals surface area contributed by atoms with Gasteiger partial charge < -0.3 is 4.74 Å². The number of halogens is 2. The molecule has 102 valence electrons. The largest absolute Gasteiger partial charge is 0.497 e. The second-order valence-corrected chi connectivity index (χ2v) is 4.85. The van der Waals surface area contributed by atoms with Crippen LogP contribution >= 0.6 is 23.2 Å². The number of fused-ring (bicyclic) bond motifs is 1. The first-order valence-electron chi connectivity index (χ1n) is 5.96.